The maximum Gasteiger partial charge on any atom is 0.220 e. The maximum absolute atomic E-state index is 12.6. The fourth-order valence-electron chi connectivity index (χ4n) is 4.04. The van der Waals surface area contributed by atoms with Crippen LogP contribution in [0.1, 0.15) is 34.5 Å². The largest absolute Gasteiger partial charge is 0.497 e. The Hall–Kier alpha value is -3.78. The van der Waals surface area contributed by atoms with Gasteiger partial charge in [-0.2, -0.15) is 0 Å². The van der Waals surface area contributed by atoms with Gasteiger partial charge in [0.2, 0.25) is 5.91 Å². The number of carbonyl (C=O) groups excluding carboxylic acids is 1. The quantitative estimate of drug-likeness (QED) is 0.234. The first-order chi connectivity index (χ1) is 17.4. The van der Waals surface area contributed by atoms with Gasteiger partial charge < -0.3 is 15.8 Å². The molecule has 0 bridgehead atoms. The number of carbonyl (C=O) groups is 1. The van der Waals surface area contributed by atoms with Crippen LogP contribution >= 0.6 is 11.8 Å². The Kier molecular flexibility index (Phi) is 8.28. The van der Waals surface area contributed by atoms with Crippen molar-refractivity contribution in [1.82, 2.24) is 20.1 Å². The molecule has 0 atom stereocenters. The highest BCUT2D eigenvalue weighted by molar-refractivity contribution is 7.98. The number of nitrogens with one attached hydrogen (secondary N) is 1. The first kappa shape index (κ1) is 25.3. The zero-order valence-electron chi connectivity index (χ0n) is 20.8. The Bertz CT molecular complexity index is 1310. The number of hydrogen-bond acceptors (Lipinski definition) is 6. The Morgan fingerprint density at radius 3 is 2.44 bits per heavy atom. The Balaban J connectivity index is 1.45. The van der Waals surface area contributed by atoms with Crippen LogP contribution in [0.2, 0.25) is 0 Å². The number of anilines is 1. The highest BCUT2D eigenvalue weighted by Crippen LogP contribution is 2.27. The van der Waals surface area contributed by atoms with Crippen molar-refractivity contribution in [3.8, 4) is 11.4 Å². The number of rotatable bonds is 10. The van der Waals surface area contributed by atoms with Crippen LogP contribution in [0, 0.1) is 13.8 Å². The Labute approximate surface area is 216 Å². The minimum Gasteiger partial charge on any atom is -0.497 e. The molecule has 3 N–H and O–H groups in total. The molecule has 0 aliphatic carbocycles. The van der Waals surface area contributed by atoms with E-state index >= 15 is 0 Å². The fraction of sp³-hybridized carbons (Fsp3) is 0.250. The predicted molar refractivity (Wildman–Crippen MR) is 144 cm³/mol. The molecule has 1 amide bonds. The van der Waals surface area contributed by atoms with E-state index in [1.165, 1.54) is 16.7 Å². The van der Waals surface area contributed by atoms with Crippen molar-refractivity contribution in [2.24, 2.45) is 0 Å². The molecule has 0 spiro atoms. The molecular formula is C28H31N5O2S. The molecule has 0 saturated heterocycles. The molecule has 0 aliphatic heterocycles. The molecule has 8 heteroatoms. The zero-order valence-corrected chi connectivity index (χ0v) is 21.6. The van der Waals surface area contributed by atoms with Crippen LogP contribution in [0.25, 0.3) is 5.69 Å². The molecule has 1 aromatic heterocycles. The van der Waals surface area contributed by atoms with Crippen LogP contribution in [0.15, 0.2) is 71.9 Å². The SMILES string of the molecule is COc1ccc(CNC(=O)CCc2nnc(SCc3cc(C)cc(C)c3)n2-c2cccc(N)c2)cc1. The third kappa shape index (κ3) is 6.66. The van der Waals surface area contributed by atoms with Gasteiger partial charge in [0.15, 0.2) is 5.16 Å². The maximum atomic E-state index is 12.6. The third-order valence-electron chi connectivity index (χ3n) is 5.70. The number of amides is 1. The Morgan fingerprint density at radius 1 is 1.00 bits per heavy atom. The summed E-state index contributed by atoms with van der Waals surface area (Å²) in [4.78, 5) is 12.6. The molecule has 0 unspecified atom stereocenters. The molecule has 3 aromatic carbocycles. The second-order valence-corrected chi connectivity index (χ2v) is 9.68. The van der Waals surface area contributed by atoms with Gasteiger partial charge in [0.25, 0.3) is 0 Å². The fourth-order valence-corrected chi connectivity index (χ4v) is 4.94. The summed E-state index contributed by atoms with van der Waals surface area (Å²) in [6, 6.07) is 21.8. The van der Waals surface area contributed by atoms with Crippen molar-refractivity contribution < 1.29 is 9.53 Å². The average molecular weight is 502 g/mol. The lowest BCUT2D eigenvalue weighted by Crippen LogP contribution is -2.23. The molecule has 4 aromatic rings. The molecule has 0 radical (unpaired) electrons. The topological polar surface area (TPSA) is 95.1 Å². The van der Waals surface area contributed by atoms with Gasteiger partial charge in [-0.3, -0.25) is 9.36 Å². The van der Waals surface area contributed by atoms with E-state index in [2.05, 4.69) is 47.6 Å². The summed E-state index contributed by atoms with van der Waals surface area (Å²) in [6.07, 6.45) is 0.763. The number of nitrogen functional groups attached to an aromatic ring is 1. The van der Waals surface area contributed by atoms with E-state index in [4.69, 9.17) is 10.5 Å². The normalized spacial score (nSPS) is 10.9. The predicted octanol–water partition coefficient (Wildman–Crippen LogP) is 5.02. The van der Waals surface area contributed by atoms with E-state index < -0.39 is 0 Å². The van der Waals surface area contributed by atoms with Crippen LogP contribution < -0.4 is 15.8 Å². The van der Waals surface area contributed by atoms with Crippen molar-refractivity contribution >= 4 is 23.4 Å². The van der Waals surface area contributed by atoms with Gasteiger partial charge in [-0.1, -0.05) is 59.3 Å². The number of aromatic nitrogens is 3. The molecule has 1 heterocycles. The van der Waals surface area contributed by atoms with Crippen molar-refractivity contribution in [2.45, 2.75) is 44.1 Å². The van der Waals surface area contributed by atoms with Crippen molar-refractivity contribution in [3.05, 3.63) is 94.8 Å². The highest BCUT2D eigenvalue weighted by Gasteiger charge is 2.16. The van der Waals surface area contributed by atoms with E-state index in [0.717, 1.165) is 33.7 Å². The van der Waals surface area contributed by atoms with Crippen LogP contribution in [0.3, 0.4) is 0 Å². The van der Waals surface area contributed by atoms with Crippen molar-refractivity contribution in [1.29, 1.82) is 0 Å². The molecular weight excluding hydrogens is 470 g/mol. The molecule has 186 valence electrons. The van der Waals surface area contributed by atoms with E-state index in [9.17, 15) is 4.79 Å². The second kappa shape index (κ2) is 11.8. The van der Waals surface area contributed by atoms with E-state index in [1.54, 1.807) is 18.9 Å². The van der Waals surface area contributed by atoms with E-state index in [0.29, 0.717) is 25.1 Å². The van der Waals surface area contributed by atoms with Gasteiger partial charge in [-0.05, 0) is 55.3 Å². The summed E-state index contributed by atoms with van der Waals surface area (Å²) in [5, 5.41) is 12.6. The lowest BCUT2D eigenvalue weighted by atomic mass is 10.1. The first-order valence-electron chi connectivity index (χ1n) is 11.8. The summed E-state index contributed by atoms with van der Waals surface area (Å²) in [7, 11) is 1.63. The van der Waals surface area contributed by atoms with Crippen LogP contribution in [0.4, 0.5) is 5.69 Å². The van der Waals surface area contributed by atoms with Gasteiger partial charge in [0, 0.05) is 30.8 Å². The number of nitrogens with zero attached hydrogens (tertiary/aromatic N) is 3. The third-order valence-corrected chi connectivity index (χ3v) is 6.70. The number of methoxy groups -OCH3 is 1. The molecule has 4 rings (SSSR count). The van der Waals surface area contributed by atoms with Gasteiger partial charge in [0.1, 0.15) is 11.6 Å². The molecule has 0 fully saturated rings. The highest BCUT2D eigenvalue weighted by atomic mass is 32.2. The summed E-state index contributed by atoms with van der Waals surface area (Å²) in [6.45, 7) is 4.67. The lowest BCUT2D eigenvalue weighted by molar-refractivity contribution is -0.121. The second-order valence-electron chi connectivity index (χ2n) is 8.74. The summed E-state index contributed by atoms with van der Waals surface area (Å²) < 4.78 is 7.18. The zero-order chi connectivity index (χ0) is 25.5. The minimum atomic E-state index is -0.0441. The van der Waals surface area contributed by atoms with Crippen LogP contribution in [0.5, 0.6) is 5.75 Å². The summed E-state index contributed by atoms with van der Waals surface area (Å²) in [5.41, 5.74) is 12.3. The van der Waals surface area contributed by atoms with Crippen molar-refractivity contribution in [2.75, 3.05) is 12.8 Å². The molecule has 36 heavy (non-hydrogen) atoms. The smallest absolute Gasteiger partial charge is 0.220 e. The lowest BCUT2D eigenvalue weighted by Gasteiger charge is -2.12. The van der Waals surface area contributed by atoms with Crippen LogP contribution in [-0.4, -0.2) is 27.8 Å². The summed E-state index contributed by atoms with van der Waals surface area (Å²) >= 11 is 1.62. The number of hydrogen-bond donors (Lipinski definition) is 2. The Morgan fingerprint density at radius 2 is 1.75 bits per heavy atom. The van der Waals surface area contributed by atoms with E-state index in [1.807, 2.05) is 53.1 Å². The number of aryl methyl sites for hydroxylation is 3. The molecule has 0 aliphatic rings. The number of thioether (sulfide) groups is 1. The number of ether oxygens (including phenoxy) is 1. The van der Waals surface area contributed by atoms with E-state index in [-0.39, 0.29) is 5.91 Å². The van der Waals surface area contributed by atoms with Gasteiger partial charge >= 0.3 is 0 Å². The number of benzene rings is 3. The van der Waals surface area contributed by atoms with Gasteiger partial charge in [-0.25, -0.2) is 0 Å². The molecule has 7 nitrogen and oxygen atoms in total. The monoisotopic (exact) mass is 501 g/mol. The van der Waals surface area contributed by atoms with Crippen molar-refractivity contribution in [3.63, 3.8) is 0 Å². The first-order valence-corrected chi connectivity index (χ1v) is 12.8. The summed E-state index contributed by atoms with van der Waals surface area (Å²) in [5.74, 6) is 2.24. The van der Waals surface area contributed by atoms with Gasteiger partial charge in [-0.15, -0.1) is 10.2 Å². The van der Waals surface area contributed by atoms with Gasteiger partial charge in [0.05, 0.1) is 12.8 Å². The van der Waals surface area contributed by atoms with Crippen LogP contribution in [-0.2, 0) is 23.5 Å². The minimum absolute atomic E-state index is 0.0441. The number of nitrogens with two attached hydrogens (primary N) is 1. The standard InChI is InChI=1S/C28H31N5O2S/c1-19-13-20(2)15-22(14-19)18-36-28-32-31-26(33(28)24-6-4-5-23(29)16-24)11-12-27(34)30-17-21-7-9-25(35-3)10-8-21/h4-10,13-16H,11-12,17-18,29H2,1-3H3,(H,30,34). The average Bonchev–Trinajstić information content (AvgIpc) is 3.27. The molecule has 0 saturated carbocycles.